The standard InChI is InChI=1S/C16H30BrN3O/c1-7-12-15(17)13(20(9-3)19-12)11-14(18-8-2)16(5,6)21-10-4/h14,18H,7-11H2,1-6H3. The van der Waals surface area contributed by atoms with Crippen molar-refractivity contribution >= 4 is 15.9 Å². The molecule has 1 unspecified atom stereocenters. The molecule has 0 aromatic carbocycles. The lowest BCUT2D eigenvalue weighted by atomic mass is 9.93. The monoisotopic (exact) mass is 359 g/mol. The van der Waals surface area contributed by atoms with Crippen molar-refractivity contribution in [2.24, 2.45) is 0 Å². The number of halogens is 1. The predicted molar refractivity (Wildman–Crippen MR) is 91.9 cm³/mol. The lowest BCUT2D eigenvalue weighted by Gasteiger charge is -2.35. The first kappa shape index (κ1) is 18.7. The van der Waals surface area contributed by atoms with Gasteiger partial charge >= 0.3 is 0 Å². The summed E-state index contributed by atoms with van der Waals surface area (Å²) in [6.45, 7) is 15.3. The van der Waals surface area contributed by atoms with Crippen LogP contribution in [0.25, 0.3) is 0 Å². The molecule has 0 spiro atoms. The topological polar surface area (TPSA) is 39.1 Å². The number of likely N-dealkylation sites (N-methyl/N-ethyl adjacent to an activating group) is 1. The smallest absolute Gasteiger partial charge is 0.0782 e. The molecule has 1 aromatic rings. The SMILES string of the molecule is CCNC(Cc1c(Br)c(CC)nn1CC)C(C)(C)OCC. The maximum Gasteiger partial charge on any atom is 0.0782 e. The number of aryl methyl sites for hydroxylation is 2. The number of hydrogen-bond donors (Lipinski definition) is 1. The number of hydrogen-bond acceptors (Lipinski definition) is 3. The molecule has 1 heterocycles. The van der Waals surface area contributed by atoms with Gasteiger partial charge in [-0.15, -0.1) is 0 Å². The fourth-order valence-electron chi connectivity index (χ4n) is 2.69. The summed E-state index contributed by atoms with van der Waals surface area (Å²) in [5.74, 6) is 0. The van der Waals surface area contributed by atoms with E-state index >= 15 is 0 Å². The molecular weight excluding hydrogens is 330 g/mol. The Balaban J connectivity index is 3.06. The van der Waals surface area contributed by atoms with Gasteiger partial charge < -0.3 is 10.1 Å². The van der Waals surface area contributed by atoms with E-state index in [1.807, 2.05) is 6.92 Å². The van der Waals surface area contributed by atoms with Crippen LogP contribution in [0.15, 0.2) is 4.47 Å². The van der Waals surface area contributed by atoms with Crippen LogP contribution in [0.5, 0.6) is 0 Å². The van der Waals surface area contributed by atoms with E-state index in [1.165, 1.54) is 5.69 Å². The molecule has 1 N–H and O–H groups in total. The number of nitrogens with one attached hydrogen (secondary N) is 1. The summed E-state index contributed by atoms with van der Waals surface area (Å²) in [7, 11) is 0. The van der Waals surface area contributed by atoms with Gasteiger partial charge in [0.1, 0.15) is 0 Å². The van der Waals surface area contributed by atoms with Crippen molar-refractivity contribution in [1.29, 1.82) is 0 Å². The van der Waals surface area contributed by atoms with Gasteiger partial charge in [0.05, 0.1) is 21.5 Å². The van der Waals surface area contributed by atoms with Crippen LogP contribution >= 0.6 is 15.9 Å². The molecule has 0 aliphatic heterocycles. The lowest BCUT2D eigenvalue weighted by molar-refractivity contribution is -0.0381. The first-order valence-corrected chi connectivity index (χ1v) is 8.81. The molecule has 0 aliphatic rings. The van der Waals surface area contributed by atoms with Crippen LogP contribution in [0.3, 0.4) is 0 Å². The van der Waals surface area contributed by atoms with Gasteiger partial charge in [0, 0.05) is 25.6 Å². The van der Waals surface area contributed by atoms with Crippen molar-refractivity contribution in [1.82, 2.24) is 15.1 Å². The quantitative estimate of drug-likeness (QED) is 0.732. The molecule has 0 saturated carbocycles. The van der Waals surface area contributed by atoms with E-state index < -0.39 is 0 Å². The van der Waals surface area contributed by atoms with Crippen LogP contribution in [0, 0.1) is 0 Å². The Bertz CT molecular complexity index is 443. The third-order valence-electron chi connectivity index (χ3n) is 3.90. The molecule has 4 nitrogen and oxygen atoms in total. The first-order valence-electron chi connectivity index (χ1n) is 8.02. The molecule has 0 bridgehead atoms. The third-order valence-corrected chi connectivity index (χ3v) is 4.81. The molecule has 1 rings (SSSR count). The van der Waals surface area contributed by atoms with E-state index in [0.717, 1.165) is 42.7 Å². The van der Waals surface area contributed by atoms with Gasteiger partial charge in [0.2, 0.25) is 0 Å². The molecule has 1 aromatic heterocycles. The highest BCUT2D eigenvalue weighted by Gasteiger charge is 2.31. The second-order valence-electron chi connectivity index (χ2n) is 5.73. The van der Waals surface area contributed by atoms with E-state index in [1.54, 1.807) is 0 Å². The number of aromatic nitrogens is 2. The number of nitrogens with zero attached hydrogens (tertiary/aromatic N) is 2. The van der Waals surface area contributed by atoms with Crippen molar-refractivity contribution in [2.45, 2.75) is 72.6 Å². The highest BCUT2D eigenvalue weighted by molar-refractivity contribution is 9.10. The Morgan fingerprint density at radius 3 is 2.43 bits per heavy atom. The van der Waals surface area contributed by atoms with E-state index in [2.05, 4.69) is 65.6 Å². The van der Waals surface area contributed by atoms with Crippen LogP contribution in [-0.4, -0.2) is 34.6 Å². The van der Waals surface area contributed by atoms with E-state index in [-0.39, 0.29) is 11.6 Å². The first-order chi connectivity index (χ1) is 9.91. The minimum absolute atomic E-state index is 0.209. The molecule has 0 saturated heterocycles. The van der Waals surface area contributed by atoms with Crippen molar-refractivity contribution in [2.75, 3.05) is 13.2 Å². The molecule has 0 amide bonds. The Kier molecular flexibility index (Phi) is 7.37. The van der Waals surface area contributed by atoms with E-state index in [0.29, 0.717) is 0 Å². The Hall–Kier alpha value is -0.390. The van der Waals surface area contributed by atoms with Crippen LogP contribution in [0.1, 0.15) is 52.9 Å². The Morgan fingerprint density at radius 2 is 1.95 bits per heavy atom. The molecular formula is C16H30BrN3O. The van der Waals surface area contributed by atoms with Gasteiger partial charge in [-0.1, -0.05) is 13.8 Å². The van der Waals surface area contributed by atoms with E-state index in [9.17, 15) is 0 Å². The average molecular weight is 360 g/mol. The largest absolute Gasteiger partial charge is 0.374 e. The summed E-state index contributed by atoms with van der Waals surface area (Å²) >= 11 is 3.74. The Morgan fingerprint density at radius 1 is 1.29 bits per heavy atom. The molecule has 5 heteroatoms. The summed E-state index contributed by atoms with van der Waals surface area (Å²) in [5.41, 5.74) is 2.18. The molecule has 1 atom stereocenters. The van der Waals surface area contributed by atoms with Gasteiger partial charge in [-0.05, 0) is 56.6 Å². The summed E-state index contributed by atoms with van der Waals surface area (Å²) in [6.07, 6.45) is 1.85. The molecule has 122 valence electrons. The van der Waals surface area contributed by atoms with Crippen molar-refractivity contribution in [3.05, 3.63) is 15.9 Å². The third kappa shape index (κ3) is 4.54. The summed E-state index contributed by atoms with van der Waals surface area (Å²) in [6, 6.07) is 0.255. The molecule has 21 heavy (non-hydrogen) atoms. The summed E-state index contributed by atoms with van der Waals surface area (Å²) < 4.78 is 9.22. The maximum atomic E-state index is 5.96. The molecule has 0 fully saturated rings. The predicted octanol–water partition coefficient (Wildman–Crippen LogP) is 3.56. The minimum Gasteiger partial charge on any atom is -0.374 e. The second-order valence-corrected chi connectivity index (χ2v) is 6.52. The Labute approximate surface area is 137 Å². The van der Waals surface area contributed by atoms with Gasteiger partial charge in [-0.2, -0.15) is 5.10 Å². The lowest BCUT2D eigenvalue weighted by Crippen LogP contribution is -2.50. The molecule has 0 aliphatic carbocycles. The zero-order valence-electron chi connectivity index (χ0n) is 14.3. The average Bonchev–Trinajstić information content (AvgIpc) is 2.74. The van der Waals surface area contributed by atoms with Crippen molar-refractivity contribution < 1.29 is 4.74 Å². The van der Waals surface area contributed by atoms with Crippen LogP contribution in [0.4, 0.5) is 0 Å². The fraction of sp³-hybridized carbons (Fsp3) is 0.812. The number of ether oxygens (including phenoxy) is 1. The zero-order valence-corrected chi connectivity index (χ0v) is 15.9. The van der Waals surface area contributed by atoms with Gasteiger partial charge in [-0.3, -0.25) is 4.68 Å². The normalized spacial score (nSPS) is 13.7. The summed E-state index contributed by atoms with van der Waals surface area (Å²) in [4.78, 5) is 0. The van der Waals surface area contributed by atoms with Gasteiger partial charge in [0.25, 0.3) is 0 Å². The van der Waals surface area contributed by atoms with Gasteiger partial charge in [0.15, 0.2) is 0 Å². The minimum atomic E-state index is -0.209. The highest BCUT2D eigenvalue weighted by Crippen LogP contribution is 2.27. The summed E-state index contributed by atoms with van der Waals surface area (Å²) in [5, 5.41) is 8.26. The van der Waals surface area contributed by atoms with Crippen molar-refractivity contribution in [3.8, 4) is 0 Å². The number of rotatable bonds is 9. The maximum absolute atomic E-state index is 5.96. The van der Waals surface area contributed by atoms with Crippen molar-refractivity contribution in [3.63, 3.8) is 0 Å². The second kappa shape index (κ2) is 8.30. The van der Waals surface area contributed by atoms with Crippen LogP contribution in [0.2, 0.25) is 0 Å². The fourth-order valence-corrected chi connectivity index (χ4v) is 3.41. The van der Waals surface area contributed by atoms with Gasteiger partial charge in [-0.25, -0.2) is 0 Å². The van der Waals surface area contributed by atoms with Crippen LogP contribution < -0.4 is 5.32 Å². The molecule has 0 radical (unpaired) electrons. The zero-order chi connectivity index (χ0) is 16.0. The van der Waals surface area contributed by atoms with E-state index in [4.69, 9.17) is 4.74 Å². The highest BCUT2D eigenvalue weighted by atomic mass is 79.9. The van der Waals surface area contributed by atoms with Crippen LogP contribution in [-0.2, 0) is 24.1 Å².